The predicted octanol–water partition coefficient (Wildman–Crippen LogP) is 3.95. The first-order valence-corrected chi connectivity index (χ1v) is 9.67. The molecule has 2 aromatic carbocycles. The summed E-state index contributed by atoms with van der Waals surface area (Å²) in [7, 11) is 1.65. The fourth-order valence-corrected chi connectivity index (χ4v) is 2.98. The highest BCUT2D eigenvalue weighted by Gasteiger charge is 2.22. The molecule has 6 heteroatoms. The molecule has 0 heterocycles. The Morgan fingerprint density at radius 1 is 1.07 bits per heavy atom. The van der Waals surface area contributed by atoms with E-state index >= 15 is 0 Å². The molecule has 0 aliphatic rings. The number of halogens is 1. The summed E-state index contributed by atoms with van der Waals surface area (Å²) in [6.07, 6.45) is 0.550. The number of amides is 2. The third-order valence-electron chi connectivity index (χ3n) is 4.20. The van der Waals surface area contributed by atoms with Crippen LogP contribution < -0.4 is 10.6 Å². The van der Waals surface area contributed by atoms with E-state index < -0.39 is 6.04 Å². The van der Waals surface area contributed by atoms with Crippen LogP contribution in [0.4, 0.5) is 0 Å². The number of methoxy groups -OCH3 is 1. The smallest absolute Gasteiger partial charge is 0.251 e. The SMILES string of the molecule is COCc1cccc(CNC(=O)C(CC(C)C)NC(=O)c2ccc(Cl)cc2)c1. The first-order chi connectivity index (χ1) is 13.4. The van der Waals surface area contributed by atoms with Gasteiger partial charge >= 0.3 is 0 Å². The van der Waals surface area contributed by atoms with E-state index in [1.54, 1.807) is 31.4 Å². The van der Waals surface area contributed by atoms with Gasteiger partial charge in [0.2, 0.25) is 5.91 Å². The van der Waals surface area contributed by atoms with Gasteiger partial charge in [-0.3, -0.25) is 9.59 Å². The zero-order valence-corrected chi connectivity index (χ0v) is 17.3. The van der Waals surface area contributed by atoms with E-state index in [0.29, 0.717) is 30.2 Å². The third kappa shape index (κ3) is 6.98. The lowest BCUT2D eigenvalue weighted by Gasteiger charge is -2.20. The van der Waals surface area contributed by atoms with Crippen molar-refractivity contribution in [1.82, 2.24) is 10.6 Å². The van der Waals surface area contributed by atoms with Crippen molar-refractivity contribution in [2.45, 2.75) is 39.5 Å². The second-order valence-corrected chi connectivity index (χ2v) is 7.57. The Bertz CT molecular complexity index is 791. The van der Waals surface area contributed by atoms with Gasteiger partial charge in [-0.25, -0.2) is 0 Å². The summed E-state index contributed by atoms with van der Waals surface area (Å²) in [5.74, 6) is -0.237. The van der Waals surface area contributed by atoms with Crippen molar-refractivity contribution in [1.29, 1.82) is 0 Å². The summed E-state index contributed by atoms with van der Waals surface area (Å²) in [6.45, 7) is 4.95. The third-order valence-corrected chi connectivity index (χ3v) is 4.46. The van der Waals surface area contributed by atoms with Crippen LogP contribution in [0.2, 0.25) is 5.02 Å². The van der Waals surface area contributed by atoms with Crippen molar-refractivity contribution in [3.8, 4) is 0 Å². The molecule has 0 saturated carbocycles. The van der Waals surface area contributed by atoms with Crippen molar-refractivity contribution in [3.05, 3.63) is 70.2 Å². The zero-order valence-electron chi connectivity index (χ0n) is 16.5. The molecule has 0 saturated heterocycles. The maximum Gasteiger partial charge on any atom is 0.251 e. The Morgan fingerprint density at radius 2 is 1.75 bits per heavy atom. The van der Waals surface area contributed by atoms with Gasteiger partial charge in [-0.2, -0.15) is 0 Å². The minimum Gasteiger partial charge on any atom is -0.380 e. The van der Waals surface area contributed by atoms with Crippen LogP contribution in [0.5, 0.6) is 0 Å². The summed E-state index contributed by atoms with van der Waals surface area (Å²) in [4.78, 5) is 25.2. The van der Waals surface area contributed by atoms with Crippen molar-refractivity contribution in [2.24, 2.45) is 5.92 Å². The highest BCUT2D eigenvalue weighted by molar-refractivity contribution is 6.30. The maximum absolute atomic E-state index is 12.7. The molecule has 2 aromatic rings. The highest BCUT2D eigenvalue weighted by Crippen LogP contribution is 2.12. The Labute approximate surface area is 171 Å². The van der Waals surface area contributed by atoms with Gasteiger partial charge in [0.1, 0.15) is 6.04 Å². The van der Waals surface area contributed by atoms with E-state index in [1.807, 2.05) is 38.1 Å². The van der Waals surface area contributed by atoms with E-state index in [4.69, 9.17) is 16.3 Å². The van der Waals surface area contributed by atoms with Crippen LogP contribution in [0.3, 0.4) is 0 Å². The molecule has 0 aromatic heterocycles. The molecule has 1 atom stereocenters. The lowest BCUT2D eigenvalue weighted by molar-refractivity contribution is -0.123. The van der Waals surface area contributed by atoms with Crippen LogP contribution >= 0.6 is 11.6 Å². The molecular formula is C22H27ClN2O3. The van der Waals surface area contributed by atoms with Gasteiger partial charge in [-0.15, -0.1) is 0 Å². The van der Waals surface area contributed by atoms with E-state index in [9.17, 15) is 9.59 Å². The zero-order chi connectivity index (χ0) is 20.5. The fraction of sp³-hybridized carbons (Fsp3) is 0.364. The van der Waals surface area contributed by atoms with Gasteiger partial charge in [0.15, 0.2) is 0 Å². The van der Waals surface area contributed by atoms with Gasteiger partial charge in [-0.05, 0) is 47.7 Å². The van der Waals surface area contributed by atoms with Crippen molar-refractivity contribution in [2.75, 3.05) is 7.11 Å². The average molecular weight is 403 g/mol. The van der Waals surface area contributed by atoms with Crippen molar-refractivity contribution < 1.29 is 14.3 Å². The molecule has 0 bridgehead atoms. The number of carbonyl (C=O) groups excluding carboxylic acids is 2. The standard InChI is InChI=1S/C22H27ClN2O3/c1-15(2)11-20(25-21(26)18-7-9-19(23)10-8-18)22(27)24-13-16-5-4-6-17(12-16)14-28-3/h4-10,12,15,20H,11,13-14H2,1-3H3,(H,24,27)(H,25,26). The summed E-state index contributed by atoms with van der Waals surface area (Å²) in [6, 6.07) is 13.8. The average Bonchev–Trinajstić information content (AvgIpc) is 2.66. The molecule has 150 valence electrons. The van der Waals surface area contributed by atoms with Gasteiger partial charge in [-0.1, -0.05) is 49.7 Å². The van der Waals surface area contributed by atoms with E-state index in [0.717, 1.165) is 11.1 Å². The Kier molecular flexibility index (Phi) is 8.48. The Hall–Kier alpha value is -2.37. The summed E-state index contributed by atoms with van der Waals surface area (Å²) in [5, 5.41) is 6.32. The molecule has 0 fully saturated rings. The number of rotatable bonds is 9. The van der Waals surface area contributed by atoms with Crippen LogP contribution in [-0.2, 0) is 22.7 Å². The van der Waals surface area contributed by atoms with Crippen LogP contribution in [-0.4, -0.2) is 25.0 Å². The van der Waals surface area contributed by atoms with Crippen LogP contribution in [0, 0.1) is 5.92 Å². The van der Waals surface area contributed by atoms with Crippen LogP contribution in [0.1, 0.15) is 41.8 Å². The van der Waals surface area contributed by atoms with Crippen molar-refractivity contribution >= 4 is 23.4 Å². The first-order valence-electron chi connectivity index (χ1n) is 9.30. The van der Waals surface area contributed by atoms with Crippen molar-refractivity contribution in [3.63, 3.8) is 0 Å². The minimum absolute atomic E-state index is 0.201. The maximum atomic E-state index is 12.7. The lowest BCUT2D eigenvalue weighted by atomic mass is 10.0. The number of hydrogen-bond donors (Lipinski definition) is 2. The summed E-state index contributed by atoms with van der Waals surface area (Å²) < 4.78 is 5.14. The molecule has 2 rings (SSSR count). The number of benzene rings is 2. The fourth-order valence-electron chi connectivity index (χ4n) is 2.85. The second kappa shape index (κ2) is 10.8. The highest BCUT2D eigenvalue weighted by atomic mass is 35.5. The van der Waals surface area contributed by atoms with Gasteiger partial charge < -0.3 is 15.4 Å². The molecule has 0 aliphatic heterocycles. The molecule has 0 aliphatic carbocycles. The van der Waals surface area contributed by atoms with Gasteiger partial charge in [0, 0.05) is 24.2 Å². The summed E-state index contributed by atoms with van der Waals surface area (Å²) >= 11 is 5.87. The molecule has 28 heavy (non-hydrogen) atoms. The van der Waals surface area contributed by atoms with E-state index in [-0.39, 0.29) is 17.7 Å². The van der Waals surface area contributed by atoms with Gasteiger partial charge in [0.25, 0.3) is 5.91 Å². The Balaban J connectivity index is 2.01. The molecule has 2 amide bonds. The molecule has 0 spiro atoms. The molecule has 1 unspecified atom stereocenters. The topological polar surface area (TPSA) is 67.4 Å². The number of hydrogen-bond acceptors (Lipinski definition) is 3. The normalized spacial score (nSPS) is 11.9. The monoisotopic (exact) mass is 402 g/mol. The minimum atomic E-state index is -0.606. The molecule has 0 radical (unpaired) electrons. The predicted molar refractivity (Wildman–Crippen MR) is 111 cm³/mol. The molecular weight excluding hydrogens is 376 g/mol. The van der Waals surface area contributed by atoms with Crippen LogP contribution in [0.15, 0.2) is 48.5 Å². The van der Waals surface area contributed by atoms with E-state index in [2.05, 4.69) is 10.6 Å². The quantitative estimate of drug-likeness (QED) is 0.667. The van der Waals surface area contributed by atoms with E-state index in [1.165, 1.54) is 0 Å². The van der Waals surface area contributed by atoms with Crippen LogP contribution in [0.25, 0.3) is 0 Å². The largest absolute Gasteiger partial charge is 0.380 e. The number of ether oxygens (including phenoxy) is 1. The molecule has 5 nitrogen and oxygen atoms in total. The summed E-state index contributed by atoms with van der Waals surface area (Å²) in [5.41, 5.74) is 2.50. The second-order valence-electron chi connectivity index (χ2n) is 7.13. The Morgan fingerprint density at radius 3 is 2.39 bits per heavy atom. The first kappa shape index (κ1) is 21.9. The number of carbonyl (C=O) groups is 2. The number of nitrogens with one attached hydrogen (secondary N) is 2. The molecule has 2 N–H and O–H groups in total. The lowest BCUT2D eigenvalue weighted by Crippen LogP contribution is -2.47. The van der Waals surface area contributed by atoms with Gasteiger partial charge in [0.05, 0.1) is 6.61 Å².